The molecule has 0 saturated carbocycles. The first-order valence-electron chi connectivity index (χ1n) is 7.14. The Morgan fingerprint density at radius 3 is 2.30 bits per heavy atom. The zero-order valence-corrected chi connectivity index (χ0v) is 13.0. The van der Waals surface area contributed by atoms with Gasteiger partial charge in [0.25, 0.3) is 0 Å². The summed E-state index contributed by atoms with van der Waals surface area (Å²) in [6, 6.07) is 10.4. The second-order valence-electron chi connectivity index (χ2n) is 6.05. The monoisotopic (exact) mass is 291 g/mol. The molecule has 0 unspecified atom stereocenters. The van der Waals surface area contributed by atoms with E-state index in [1.54, 1.807) is 0 Å². The molecule has 1 saturated heterocycles. The van der Waals surface area contributed by atoms with E-state index in [2.05, 4.69) is 28.0 Å². The zero-order chi connectivity index (χ0) is 14.6. The molecule has 3 nitrogen and oxygen atoms in total. The van der Waals surface area contributed by atoms with Crippen molar-refractivity contribution in [3.63, 3.8) is 0 Å². The summed E-state index contributed by atoms with van der Waals surface area (Å²) in [7, 11) is 0. The highest BCUT2D eigenvalue weighted by atomic mass is 35.5. The minimum atomic E-state index is -0.215. The molecular formula is C16H22ClN3. The molecule has 0 aliphatic carbocycles. The minimum Gasteiger partial charge on any atom is -0.369 e. The van der Waals surface area contributed by atoms with Gasteiger partial charge in [0.15, 0.2) is 0 Å². The lowest BCUT2D eigenvalue weighted by Crippen LogP contribution is -2.47. The fourth-order valence-corrected chi connectivity index (χ4v) is 2.50. The maximum atomic E-state index is 9.05. The first-order chi connectivity index (χ1) is 9.50. The second kappa shape index (κ2) is 6.47. The topological polar surface area (TPSA) is 30.3 Å². The molecule has 0 aromatic heterocycles. The summed E-state index contributed by atoms with van der Waals surface area (Å²) in [6.07, 6.45) is 0.935. The third-order valence-electron chi connectivity index (χ3n) is 3.92. The smallest absolute Gasteiger partial charge is 0.0684 e. The third kappa shape index (κ3) is 4.13. The molecule has 0 amide bonds. The Bertz CT molecular complexity index is 467. The molecular weight excluding hydrogens is 270 g/mol. The van der Waals surface area contributed by atoms with Gasteiger partial charge >= 0.3 is 0 Å². The lowest BCUT2D eigenvalue weighted by Gasteiger charge is -2.36. The Morgan fingerprint density at radius 1 is 1.15 bits per heavy atom. The van der Waals surface area contributed by atoms with E-state index in [9.17, 15) is 0 Å². The molecule has 4 heteroatoms. The van der Waals surface area contributed by atoms with Gasteiger partial charge in [0.2, 0.25) is 0 Å². The van der Waals surface area contributed by atoms with Crippen LogP contribution < -0.4 is 4.90 Å². The largest absolute Gasteiger partial charge is 0.369 e. The van der Waals surface area contributed by atoms with E-state index in [-0.39, 0.29) is 5.41 Å². The van der Waals surface area contributed by atoms with Gasteiger partial charge in [-0.15, -0.1) is 0 Å². The minimum absolute atomic E-state index is 0.215. The maximum Gasteiger partial charge on any atom is 0.0684 e. The molecule has 0 radical (unpaired) electrons. The van der Waals surface area contributed by atoms with Gasteiger partial charge in [0.1, 0.15) is 0 Å². The van der Waals surface area contributed by atoms with Crippen molar-refractivity contribution in [2.24, 2.45) is 5.41 Å². The van der Waals surface area contributed by atoms with Crippen LogP contribution in [0, 0.1) is 16.7 Å². The lowest BCUT2D eigenvalue weighted by molar-refractivity contribution is 0.230. The molecule has 108 valence electrons. The zero-order valence-electron chi connectivity index (χ0n) is 12.3. The van der Waals surface area contributed by atoms with Crippen LogP contribution in [0.4, 0.5) is 5.69 Å². The summed E-state index contributed by atoms with van der Waals surface area (Å²) in [5.41, 5.74) is 1.03. The molecule has 0 bridgehead atoms. The predicted molar refractivity (Wildman–Crippen MR) is 84.1 cm³/mol. The Morgan fingerprint density at radius 2 is 1.75 bits per heavy atom. The number of piperazine rings is 1. The van der Waals surface area contributed by atoms with Crippen LogP contribution in [0.3, 0.4) is 0 Å². The van der Waals surface area contributed by atoms with Gasteiger partial charge < -0.3 is 4.90 Å². The van der Waals surface area contributed by atoms with Gasteiger partial charge in [-0.3, -0.25) is 4.90 Å². The first-order valence-corrected chi connectivity index (χ1v) is 7.52. The Hall–Kier alpha value is -1.24. The Kier molecular flexibility index (Phi) is 4.91. The van der Waals surface area contributed by atoms with Crippen molar-refractivity contribution in [1.82, 2.24) is 4.90 Å². The van der Waals surface area contributed by atoms with Gasteiger partial charge in [-0.25, -0.2) is 0 Å². The van der Waals surface area contributed by atoms with Crippen LogP contribution in [0.15, 0.2) is 24.3 Å². The molecule has 1 aromatic rings. The third-order valence-corrected chi connectivity index (χ3v) is 4.17. The van der Waals surface area contributed by atoms with Crippen molar-refractivity contribution in [2.75, 3.05) is 37.6 Å². The average molecular weight is 292 g/mol. The lowest BCUT2D eigenvalue weighted by atomic mass is 9.91. The molecule has 2 rings (SSSR count). The van der Waals surface area contributed by atoms with Crippen molar-refractivity contribution in [1.29, 1.82) is 5.26 Å². The number of benzene rings is 1. The van der Waals surface area contributed by atoms with Gasteiger partial charge in [-0.2, -0.15) is 5.26 Å². The van der Waals surface area contributed by atoms with Crippen molar-refractivity contribution >= 4 is 17.3 Å². The summed E-state index contributed by atoms with van der Waals surface area (Å²) in [4.78, 5) is 4.84. The van der Waals surface area contributed by atoms with E-state index in [4.69, 9.17) is 16.9 Å². The van der Waals surface area contributed by atoms with E-state index in [1.165, 1.54) is 5.69 Å². The fraction of sp³-hybridized carbons (Fsp3) is 0.562. The van der Waals surface area contributed by atoms with Crippen LogP contribution in [0.5, 0.6) is 0 Å². The number of hydrogen-bond acceptors (Lipinski definition) is 3. The molecule has 0 spiro atoms. The molecule has 1 aliphatic rings. The average Bonchev–Trinajstić information content (AvgIpc) is 2.47. The van der Waals surface area contributed by atoms with Gasteiger partial charge in [-0.1, -0.05) is 11.6 Å². The van der Waals surface area contributed by atoms with Crippen LogP contribution >= 0.6 is 11.6 Å². The van der Waals surface area contributed by atoms with Crippen molar-refractivity contribution in [3.05, 3.63) is 29.3 Å². The Balaban J connectivity index is 1.81. The van der Waals surface area contributed by atoms with E-state index in [0.29, 0.717) is 0 Å². The number of nitriles is 1. The number of halogens is 1. The fourth-order valence-electron chi connectivity index (χ4n) is 2.38. The summed E-state index contributed by atoms with van der Waals surface area (Å²) >= 11 is 5.92. The molecule has 1 fully saturated rings. The van der Waals surface area contributed by atoms with Crippen molar-refractivity contribution in [3.8, 4) is 6.07 Å². The highest BCUT2D eigenvalue weighted by Gasteiger charge is 2.21. The number of anilines is 1. The van der Waals surface area contributed by atoms with Crippen molar-refractivity contribution in [2.45, 2.75) is 20.3 Å². The standard InChI is InChI=1S/C16H22ClN3/c1-16(2,13-18)7-8-19-9-11-20(12-10-19)15-5-3-14(17)4-6-15/h3-6H,7-12H2,1-2H3. The molecule has 1 aliphatic heterocycles. The summed E-state index contributed by atoms with van der Waals surface area (Å²) in [6.45, 7) is 9.22. The highest BCUT2D eigenvalue weighted by Crippen LogP contribution is 2.22. The van der Waals surface area contributed by atoms with Crippen LogP contribution in [-0.2, 0) is 0 Å². The number of nitrogens with zero attached hydrogens (tertiary/aromatic N) is 3. The highest BCUT2D eigenvalue weighted by molar-refractivity contribution is 6.30. The Labute approximate surface area is 126 Å². The van der Waals surface area contributed by atoms with E-state index in [1.807, 2.05) is 26.0 Å². The van der Waals surface area contributed by atoms with Crippen LogP contribution in [0.1, 0.15) is 20.3 Å². The van der Waals surface area contributed by atoms with Crippen LogP contribution in [0.2, 0.25) is 5.02 Å². The van der Waals surface area contributed by atoms with Gasteiger partial charge in [0.05, 0.1) is 11.5 Å². The quantitative estimate of drug-likeness (QED) is 0.852. The van der Waals surface area contributed by atoms with Gasteiger partial charge in [0, 0.05) is 36.9 Å². The summed E-state index contributed by atoms with van der Waals surface area (Å²) in [5, 5.41) is 9.83. The van der Waals surface area contributed by atoms with E-state index in [0.717, 1.165) is 44.2 Å². The summed E-state index contributed by atoms with van der Waals surface area (Å²) in [5.74, 6) is 0. The maximum absolute atomic E-state index is 9.05. The van der Waals surface area contributed by atoms with E-state index < -0.39 is 0 Å². The number of rotatable bonds is 4. The van der Waals surface area contributed by atoms with Crippen LogP contribution in [0.25, 0.3) is 0 Å². The second-order valence-corrected chi connectivity index (χ2v) is 6.49. The first kappa shape index (κ1) is 15.2. The predicted octanol–water partition coefficient (Wildman–Crippen LogP) is 3.40. The molecule has 0 N–H and O–H groups in total. The molecule has 0 atom stereocenters. The van der Waals surface area contributed by atoms with Crippen molar-refractivity contribution < 1.29 is 0 Å². The molecule has 1 aromatic carbocycles. The van der Waals surface area contributed by atoms with Gasteiger partial charge in [-0.05, 0) is 51.1 Å². The SMILES string of the molecule is CC(C)(C#N)CCN1CCN(c2ccc(Cl)cc2)CC1. The number of hydrogen-bond donors (Lipinski definition) is 0. The van der Waals surface area contributed by atoms with E-state index >= 15 is 0 Å². The summed E-state index contributed by atoms with van der Waals surface area (Å²) < 4.78 is 0. The van der Waals surface area contributed by atoms with Crippen LogP contribution in [-0.4, -0.2) is 37.6 Å². The molecule has 20 heavy (non-hydrogen) atoms. The molecule has 1 heterocycles. The normalized spacial score (nSPS) is 17.0.